The maximum Gasteiger partial charge on any atom is 0.188 e. The van der Waals surface area contributed by atoms with Gasteiger partial charge in [0.25, 0.3) is 0 Å². The molecule has 1 unspecified atom stereocenters. The van der Waals surface area contributed by atoms with Gasteiger partial charge in [-0.05, 0) is 65.0 Å². The summed E-state index contributed by atoms with van der Waals surface area (Å²) < 4.78 is 14.1. The van der Waals surface area contributed by atoms with Crippen molar-refractivity contribution >= 4 is 22.3 Å². The molecule has 0 aliphatic rings. The third-order valence-corrected chi connectivity index (χ3v) is 5.50. The summed E-state index contributed by atoms with van der Waals surface area (Å²) >= 11 is 1.50. The van der Waals surface area contributed by atoms with E-state index in [-0.39, 0.29) is 0 Å². The van der Waals surface area contributed by atoms with Crippen LogP contribution in [0.3, 0.4) is 0 Å². The summed E-state index contributed by atoms with van der Waals surface area (Å²) in [5.41, 5.74) is 1.21. The van der Waals surface area contributed by atoms with Crippen molar-refractivity contribution in [3.8, 4) is 0 Å². The molecule has 2 aromatic rings. The molecule has 0 saturated heterocycles. The molecule has 1 N–H and O–H groups in total. The number of hydrogen-bond donors (Lipinski definition) is 1. The van der Waals surface area contributed by atoms with Crippen LogP contribution in [-0.4, -0.2) is 43.9 Å². The molecule has 1 atom stereocenters. The van der Waals surface area contributed by atoms with Gasteiger partial charge in [-0.2, -0.15) is 0 Å². The molecule has 6 heteroatoms. The molecular formula is C26H45FN4S. The molecule has 32 heavy (non-hydrogen) atoms. The van der Waals surface area contributed by atoms with Crippen molar-refractivity contribution in [1.29, 1.82) is 0 Å². The first-order valence-corrected chi connectivity index (χ1v) is 12.4. The number of unbranched alkanes of at least 4 members (excludes halogenated alkanes) is 1. The zero-order valence-electron chi connectivity index (χ0n) is 21.9. The molecule has 0 spiro atoms. The number of aryl methyl sites for hydroxylation is 1. The standard InChI is InChI=1S/C15H18FN3S.C8H18.C3H9N/c1-10-5-6-11(15(2,3)16)9-12(10)13(17-4)19-14-18-7-8-20-14;1-4-6-7-8(3)5-2;1-4(2)3/h5-9H,1-4H3,(H,17,18,19);8H,4-7H2,1-3H3;1-3H3. The monoisotopic (exact) mass is 464 g/mol. The van der Waals surface area contributed by atoms with E-state index in [1.54, 1.807) is 27.1 Å². The van der Waals surface area contributed by atoms with E-state index in [4.69, 9.17) is 0 Å². The van der Waals surface area contributed by atoms with Crippen molar-refractivity contribution in [2.45, 2.75) is 72.9 Å². The van der Waals surface area contributed by atoms with Crippen LogP contribution in [0.25, 0.3) is 0 Å². The van der Waals surface area contributed by atoms with Crippen LogP contribution in [0.1, 0.15) is 77.0 Å². The summed E-state index contributed by atoms with van der Waals surface area (Å²) in [6.45, 7) is 11.9. The van der Waals surface area contributed by atoms with Gasteiger partial charge in [0.05, 0.1) is 0 Å². The van der Waals surface area contributed by atoms with Gasteiger partial charge < -0.3 is 10.2 Å². The van der Waals surface area contributed by atoms with Gasteiger partial charge in [-0.1, -0.05) is 58.6 Å². The van der Waals surface area contributed by atoms with Gasteiger partial charge >= 0.3 is 0 Å². The molecule has 0 amide bonds. The number of amidine groups is 1. The molecule has 1 aromatic carbocycles. The molecule has 0 saturated carbocycles. The molecule has 0 radical (unpaired) electrons. The molecule has 1 aromatic heterocycles. The summed E-state index contributed by atoms with van der Waals surface area (Å²) in [5.74, 6) is 1.65. The van der Waals surface area contributed by atoms with Crippen molar-refractivity contribution in [1.82, 2.24) is 9.88 Å². The lowest BCUT2D eigenvalue weighted by molar-refractivity contribution is 0.221. The summed E-state index contributed by atoms with van der Waals surface area (Å²) in [6.07, 6.45) is 7.26. The smallest absolute Gasteiger partial charge is 0.188 e. The fourth-order valence-electron chi connectivity index (χ4n) is 2.63. The normalized spacial score (nSPS) is 12.4. The summed E-state index contributed by atoms with van der Waals surface area (Å²) in [7, 11) is 7.71. The van der Waals surface area contributed by atoms with Crippen LogP contribution in [0.2, 0.25) is 0 Å². The number of alkyl halides is 1. The zero-order valence-corrected chi connectivity index (χ0v) is 22.7. The maximum atomic E-state index is 14.1. The Balaban J connectivity index is 0.000000666. The highest BCUT2D eigenvalue weighted by atomic mass is 32.1. The highest BCUT2D eigenvalue weighted by Gasteiger charge is 2.20. The minimum Gasteiger partial charge on any atom is -0.316 e. The Morgan fingerprint density at radius 2 is 1.88 bits per heavy atom. The summed E-state index contributed by atoms with van der Waals surface area (Å²) in [4.78, 5) is 10.4. The van der Waals surface area contributed by atoms with Crippen LogP contribution >= 0.6 is 11.3 Å². The van der Waals surface area contributed by atoms with Gasteiger partial charge in [0, 0.05) is 24.2 Å². The highest BCUT2D eigenvalue weighted by Crippen LogP contribution is 2.27. The lowest BCUT2D eigenvalue weighted by atomic mass is 9.95. The predicted octanol–water partition coefficient (Wildman–Crippen LogP) is 7.55. The number of aromatic nitrogens is 1. The van der Waals surface area contributed by atoms with Gasteiger partial charge in [-0.25, -0.2) is 9.37 Å². The van der Waals surface area contributed by atoms with Crippen molar-refractivity contribution < 1.29 is 4.39 Å². The maximum absolute atomic E-state index is 14.1. The minimum atomic E-state index is -1.37. The van der Waals surface area contributed by atoms with E-state index in [9.17, 15) is 4.39 Å². The van der Waals surface area contributed by atoms with Crippen LogP contribution in [0.15, 0.2) is 34.8 Å². The number of hydrogen-bond acceptors (Lipinski definition) is 4. The van der Waals surface area contributed by atoms with E-state index in [2.05, 4.69) is 36.1 Å². The van der Waals surface area contributed by atoms with Gasteiger partial charge in [0.2, 0.25) is 0 Å². The fraction of sp³-hybridized carbons (Fsp3) is 0.615. The van der Waals surface area contributed by atoms with Gasteiger partial charge in [-0.3, -0.25) is 4.99 Å². The van der Waals surface area contributed by atoms with E-state index in [0.717, 1.165) is 22.2 Å². The van der Waals surface area contributed by atoms with Gasteiger partial charge in [0.1, 0.15) is 11.5 Å². The third kappa shape index (κ3) is 12.9. The van der Waals surface area contributed by atoms with E-state index < -0.39 is 5.67 Å². The number of nitrogens with one attached hydrogen (secondary N) is 1. The zero-order chi connectivity index (χ0) is 24.7. The molecule has 1 heterocycles. The second-order valence-electron chi connectivity index (χ2n) is 9.03. The van der Waals surface area contributed by atoms with Crippen molar-refractivity contribution in [2.24, 2.45) is 10.9 Å². The van der Waals surface area contributed by atoms with E-state index in [1.807, 2.05) is 56.5 Å². The van der Waals surface area contributed by atoms with Crippen LogP contribution in [0, 0.1) is 12.8 Å². The second kappa shape index (κ2) is 15.9. The van der Waals surface area contributed by atoms with E-state index in [1.165, 1.54) is 37.0 Å². The lowest BCUT2D eigenvalue weighted by Gasteiger charge is -2.18. The molecule has 0 fully saturated rings. The van der Waals surface area contributed by atoms with Crippen LogP contribution in [0.5, 0.6) is 0 Å². The highest BCUT2D eigenvalue weighted by molar-refractivity contribution is 7.13. The number of aliphatic imine (C=N–C) groups is 1. The lowest BCUT2D eigenvalue weighted by Crippen LogP contribution is -2.17. The van der Waals surface area contributed by atoms with Crippen LogP contribution in [0.4, 0.5) is 9.52 Å². The molecule has 4 nitrogen and oxygen atoms in total. The Morgan fingerprint density at radius 1 is 1.25 bits per heavy atom. The average Bonchev–Trinajstić information content (AvgIpc) is 3.23. The summed E-state index contributed by atoms with van der Waals surface area (Å²) in [5, 5.41) is 5.84. The number of rotatable bonds is 7. The topological polar surface area (TPSA) is 40.5 Å². The molecule has 0 aliphatic carbocycles. The molecule has 2 rings (SSSR count). The van der Waals surface area contributed by atoms with Crippen LogP contribution < -0.4 is 5.32 Å². The Morgan fingerprint density at radius 3 is 2.31 bits per heavy atom. The first kappa shape index (κ1) is 30.2. The first-order valence-electron chi connectivity index (χ1n) is 11.5. The average molecular weight is 465 g/mol. The predicted molar refractivity (Wildman–Crippen MR) is 142 cm³/mol. The molecule has 0 bridgehead atoms. The first-order chi connectivity index (χ1) is 15.0. The quantitative estimate of drug-likeness (QED) is 0.340. The van der Waals surface area contributed by atoms with E-state index >= 15 is 0 Å². The number of anilines is 1. The Bertz CT molecular complexity index is 762. The number of benzene rings is 1. The SMILES string of the molecule is CCCCC(C)CC.CN(C)C.CN=C(Nc1nccs1)c1cc(C(C)(C)F)ccc1C. The minimum absolute atomic E-state index is 0.639. The number of thiazole rings is 1. The number of nitrogens with zero attached hydrogens (tertiary/aromatic N) is 3. The number of halogens is 1. The Hall–Kier alpha value is -1.79. The van der Waals surface area contributed by atoms with Gasteiger partial charge in [-0.15, -0.1) is 11.3 Å². The molecule has 0 aliphatic heterocycles. The largest absolute Gasteiger partial charge is 0.316 e. The molecule has 182 valence electrons. The molecular weight excluding hydrogens is 419 g/mol. The van der Waals surface area contributed by atoms with Crippen molar-refractivity contribution in [3.63, 3.8) is 0 Å². The summed E-state index contributed by atoms with van der Waals surface area (Å²) in [6, 6.07) is 5.58. The van der Waals surface area contributed by atoms with Crippen molar-refractivity contribution in [2.75, 3.05) is 33.5 Å². The second-order valence-corrected chi connectivity index (χ2v) is 9.93. The Labute approximate surface area is 200 Å². The van der Waals surface area contributed by atoms with Crippen molar-refractivity contribution in [3.05, 3.63) is 46.5 Å². The van der Waals surface area contributed by atoms with E-state index in [0.29, 0.717) is 11.4 Å². The van der Waals surface area contributed by atoms with Crippen LogP contribution in [-0.2, 0) is 5.67 Å². The van der Waals surface area contributed by atoms with Gasteiger partial charge in [0.15, 0.2) is 5.13 Å². The third-order valence-electron chi connectivity index (χ3n) is 4.81. The fourth-order valence-corrected chi connectivity index (χ4v) is 3.16. The Kier molecular flexibility index (Phi) is 15.0.